The van der Waals surface area contributed by atoms with E-state index in [1.54, 1.807) is 41.3 Å². The molecule has 3 amide bonds. The first-order valence-electron chi connectivity index (χ1n) is 10.7. The zero-order valence-corrected chi connectivity index (χ0v) is 18.3. The lowest BCUT2D eigenvalue weighted by Gasteiger charge is -2.32. The number of hydrogen-bond donors (Lipinski definition) is 2. The minimum atomic E-state index is -0.439. The van der Waals surface area contributed by atoms with Crippen molar-refractivity contribution in [3.63, 3.8) is 0 Å². The number of rotatable bonds is 5. The number of halogens is 1. The van der Waals surface area contributed by atoms with Crippen LogP contribution in [0.3, 0.4) is 0 Å². The van der Waals surface area contributed by atoms with E-state index < -0.39 is 6.10 Å². The first-order valence-corrected chi connectivity index (χ1v) is 11.1. The van der Waals surface area contributed by atoms with Crippen LogP contribution in [0.4, 0.5) is 11.5 Å². The first kappa shape index (κ1) is 22.2. The number of carbonyl (C=O) groups is 3. The molecule has 0 bridgehead atoms. The Labute approximate surface area is 191 Å². The standard InChI is InChI=1S/C23H25ClN4O4/c24-17-8-9-20(25-13-17)27-21(29)16-5-2-10-28(14-16)23(31)15-4-1-6-18(12-15)26-22(30)19-7-3-11-32-19/h1,4,6,8-9,12-13,16,19H,2-3,5,7,10-11,14H2,(H,26,30)(H,25,27,29). The molecule has 2 saturated heterocycles. The number of amides is 3. The Balaban J connectivity index is 1.37. The zero-order valence-electron chi connectivity index (χ0n) is 17.6. The fourth-order valence-corrected chi connectivity index (χ4v) is 4.09. The second-order valence-electron chi connectivity index (χ2n) is 8.01. The van der Waals surface area contributed by atoms with Gasteiger partial charge >= 0.3 is 0 Å². The zero-order chi connectivity index (χ0) is 22.5. The van der Waals surface area contributed by atoms with E-state index in [1.165, 1.54) is 6.20 Å². The molecule has 4 rings (SSSR count). The predicted octanol–water partition coefficient (Wildman–Crippen LogP) is 3.34. The number of piperidine rings is 1. The molecule has 1 aromatic carbocycles. The summed E-state index contributed by atoms with van der Waals surface area (Å²) in [6.07, 6.45) is 4.03. The van der Waals surface area contributed by atoms with Gasteiger partial charge in [-0.1, -0.05) is 17.7 Å². The molecule has 168 valence electrons. The van der Waals surface area contributed by atoms with Gasteiger partial charge in [0.25, 0.3) is 11.8 Å². The van der Waals surface area contributed by atoms with Gasteiger partial charge in [-0.2, -0.15) is 0 Å². The molecule has 2 aliphatic rings. The summed E-state index contributed by atoms with van der Waals surface area (Å²) in [5.41, 5.74) is 1.02. The van der Waals surface area contributed by atoms with Gasteiger partial charge in [-0.15, -0.1) is 0 Å². The van der Waals surface area contributed by atoms with Crippen molar-refractivity contribution in [2.24, 2.45) is 5.92 Å². The lowest BCUT2D eigenvalue weighted by molar-refractivity contribution is -0.124. The molecule has 3 heterocycles. The summed E-state index contributed by atoms with van der Waals surface area (Å²) in [5.74, 6) is -0.432. The fourth-order valence-electron chi connectivity index (χ4n) is 3.97. The number of ether oxygens (including phenoxy) is 1. The highest BCUT2D eigenvalue weighted by molar-refractivity contribution is 6.30. The van der Waals surface area contributed by atoms with Crippen molar-refractivity contribution in [2.75, 3.05) is 30.3 Å². The van der Waals surface area contributed by atoms with Crippen LogP contribution in [-0.4, -0.2) is 53.4 Å². The van der Waals surface area contributed by atoms with Crippen LogP contribution in [0.1, 0.15) is 36.0 Å². The summed E-state index contributed by atoms with van der Waals surface area (Å²) >= 11 is 5.83. The topological polar surface area (TPSA) is 101 Å². The normalized spacial score (nSPS) is 20.6. The van der Waals surface area contributed by atoms with E-state index in [0.717, 1.165) is 12.8 Å². The van der Waals surface area contributed by atoms with Gasteiger partial charge in [-0.25, -0.2) is 4.98 Å². The van der Waals surface area contributed by atoms with Gasteiger partial charge in [0.15, 0.2) is 0 Å². The molecule has 1 aromatic heterocycles. The molecule has 8 nitrogen and oxygen atoms in total. The van der Waals surface area contributed by atoms with Gasteiger partial charge in [0.05, 0.1) is 10.9 Å². The Kier molecular flexibility index (Phi) is 7.02. The Morgan fingerprint density at radius 3 is 2.69 bits per heavy atom. The van der Waals surface area contributed by atoms with Crippen molar-refractivity contribution in [2.45, 2.75) is 31.8 Å². The number of carbonyl (C=O) groups excluding carboxylic acids is 3. The van der Waals surface area contributed by atoms with Crippen LogP contribution >= 0.6 is 11.6 Å². The number of nitrogens with zero attached hydrogens (tertiary/aromatic N) is 2. The molecule has 0 spiro atoms. The van der Waals surface area contributed by atoms with Crippen LogP contribution in [0.2, 0.25) is 5.02 Å². The van der Waals surface area contributed by atoms with Crippen molar-refractivity contribution in [1.82, 2.24) is 9.88 Å². The van der Waals surface area contributed by atoms with Crippen molar-refractivity contribution in [1.29, 1.82) is 0 Å². The maximum absolute atomic E-state index is 13.1. The first-order chi connectivity index (χ1) is 15.5. The maximum Gasteiger partial charge on any atom is 0.253 e. The smallest absolute Gasteiger partial charge is 0.253 e. The highest BCUT2D eigenvalue weighted by Crippen LogP contribution is 2.22. The molecular weight excluding hydrogens is 432 g/mol. The number of anilines is 2. The summed E-state index contributed by atoms with van der Waals surface area (Å²) in [7, 11) is 0. The second kappa shape index (κ2) is 10.1. The Bertz CT molecular complexity index is 992. The van der Waals surface area contributed by atoms with Gasteiger partial charge in [0, 0.05) is 37.1 Å². The third-order valence-corrected chi connectivity index (χ3v) is 5.88. The highest BCUT2D eigenvalue weighted by atomic mass is 35.5. The Morgan fingerprint density at radius 2 is 1.94 bits per heavy atom. The van der Waals surface area contributed by atoms with Crippen LogP contribution in [0.5, 0.6) is 0 Å². The quantitative estimate of drug-likeness (QED) is 0.718. The molecule has 0 saturated carbocycles. The average Bonchev–Trinajstić information content (AvgIpc) is 3.36. The monoisotopic (exact) mass is 456 g/mol. The summed E-state index contributed by atoms with van der Waals surface area (Å²) in [5, 5.41) is 6.11. The maximum atomic E-state index is 13.1. The number of benzene rings is 1. The molecule has 0 radical (unpaired) electrons. The van der Waals surface area contributed by atoms with E-state index in [-0.39, 0.29) is 23.6 Å². The number of likely N-dealkylation sites (tertiary alicyclic amines) is 1. The van der Waals surface area contributed by atoms with Gasteiger partial charge in [-0.3, -0.25) is 14.4 Å². The largest absolute Gasteiger partial charge is 0.368 e. The van der Waals surface area contributed by atoms with Crippen LogP contribution in [-0.2, 0) is 14.3 Å². The SMILES string of the molecule is O=C(Nc1ccc(Cl)cn1)C1CCCN(C(=O)c2cccc(NC(=O)C3CCCO3)c2)C1. The molecule has 2 N–H and O–H groups in total. The lowest BCUT2D eigenvalue weighted by atomic mass is 9.96. The van der Waals surface area contributed by atoms with Gasteiger partial charge in [0.1, 0.15) is 11.9 Å². The molecule has 0 aliphatic carbocycles. The summed E-state index contributed by atoms with van der Waals surface area (Å²) in [6, 6.07) is 10.2. The Hall–Kier alpha value is -2.97. The van der Waals surface area contributed by atoms with Gasteiger partial charge < -0.3 is 20.3 Å². The summed E-state index contributed by atoms with van der Waals surface area (Å²) < 4.78 is 5.41. The summed E-state index contributed by atoms with van der Waals surface area (Å²) in [6.45, 7) is 1.49. The molecule has 2 fully saturated rings. The number of hydrogen-bond acceptors (Lipinski definition) is 5. The molecule has 2 unspecified atom stereocenters. The highest BCUT2D eigenvalue weighted by Gasteiger charge is 2.29. The van der Waals surface area contributed by atoms with E-state index in [0.29, 0.717) is 54.6 Å². The number of nitrogens with one attached hydrogen (secondary N) is 2. The number of pyridine rings is 1. The minimum Gasteiger partial charge on any atom is -0.368 e. The third-order valence-electron chi connectivity index (χ3n) is 5.66. The van der Waals surface area contributed by atoms with Crippen molar-refractivity contribution >= 4 is 40.8 Å². The fraction of sp³-hybridized carbons (Fsp3) is 0.391. The van der Waals surface area contributed by atoms with Crippen molar-refractivity contribution in [3.8, 4) is 0 Å². The van der Waals surface area contributed by atoms with Gasteiger partial charge in [-0.05, 0) is 56.0 Å². The van der Waals surface area contributed by atoms with E-state index in [4.69, 9.17) is 16.3 Å². The van der Waals surface area contributed by atoms with Crippen molar-refractivity contribution < 1.29 is 19.1 Å². The predicted molar refractivity (Wildman–Crippen MR) is 121 cm³/mol. The molecular formula is C23H25ClN4O4. The molecule has 9 heteroatoms. The van der Waals surface area contributed by atoms with E-state index in [1.807, 2.05) is 0 Å². The minimum absolute atomic E-state index is 0.166. The molecule has 2 aromatic rings. The summed E-state index contributed by atoms with van der Waals surface area (Å²) in [4.78, 5) is 43.8. The van der Waals surface area contributed by atoms with E-state index in [2.05, 4.69) is 15.6 Å². The van der Waals surface area contributed by atoms with E-state index >= 15 is 0 Å². The van der Waals surface area contributed by atoms with Gasteiger partial charge in [0.2, 0.25) is 5.91 Å². The van der Waals surface area contributed by atoms with Crippen LogP contribution in [0.15, 0.2) is 42.6 Å². The Morgan fingerprint density at radius 1 is 1.06 bits per heavy atom. The van der Waals surface area contributed by atoms with Crippen molar-refractivity contribution in [3.05, 3.63) is 53.2 Å². The second-order valence-corrected chi connectivity index (χ2v) is 8.45. The third kappa shape index (κ3) is 5.44. The van der Waals surface area contributed by atoms with Crippen LogP contribution < -0.4 is 10.6 Å². The van der Waals surface area contributed by atoms with Crippen LogP contribution in [0.25, 0.3) is 0 Å². The number of aromatic nitrogens is 1. The molecule has 32 heavy (non-hydrogen) atoms. The van der Waals surface area contributed by atoms with Crippen LogP contribution in [0, 0.1) is 5.92 Å². The van der Waals surface area contributed by atoms with E-state index in [9.17, 15) is 14.4 Å². The molecule has 2 aliphatic heterocycles. The average molecular weight is 457 g/mol. The lowest BCUT2D eigenvalue weighted by Crippen LogP contribution is -2.43. The molecule has 2 atom stereocenters.